The standard InChI is InChI=1S/C29H32Cl3N3O4S/c1-29(2,3)33-28(37)25(17-20-10-6-5-7-11-20)34(18-21-12-8-13-22(30)16-21)26(36)19-35(40(4,38)39)24-15-9-14-23(31)27(24)32/h5-16,25H,17-19H2,1-4H3,(H,33,37). The third-order valence-electron chi connectivity index (χ3n) is 5.89. The summed E-state index contributed by atoms with van der Waals surface area (Å²) in [5.74, 6) is -0.982. The van der Waals surface area contributed by atoms with Gasteiger partial charge < -0.3 is 10.2 Å². The van der Waals surface area contributed by atoms with Gasteiger partial charge >= 0.3 is 0 Å². The minimum atomic E-state index is -3.98. The molecule has 11 heteroatoms. The van der Waals surface area contributed by atoms with Gasteiger partial charge in [-0.05, 0) is 56.2 Å². The third kappa shape index (κ3) is 8.86. The van der Waals surface area contributed by atoms with Crippen LogP contribution in [0.2, 0.25) is 15.1 Å². The van der Waals surface area contributed by atoms with E-state index < -0.39 is 34.1 Å². The lowest BCUT2D eigenvalue weighted by Crippen LogP contribution is -2.56. The van der Waals surface area contributed by atoms with Crippen LogP contribution in [0.4, 0.5) is 5.69 Å². The molecular weight excluding hydrogens is 593 g/mol. The average Bonchev–Trinajstić information content (AvgIpc) is 2.85. The summed E-state index contributed by atoms with van der Waals surface area (Å²) in [6, 6.07) is 19.8. The van der Waals surface area contributed by atoms with Crippen LogP contribution in [-0.2, 0) is 32.6 Å². The Morgan fingerprint density at radius 1 is 0.900 bits per heavy atom. The number of anilines is 1. The lowest BCUT2D eigenvalue weighted by atomic mass is 10.0. The van der Waals surface area contributed by atoms with Crippen LogP contribution in [0.15, 0.2) is 72.8 Å². The Labute approximate surface area is 251 Å². The van der Waals surface area contributed by atoms with Crippen LogP contribution in [0, 0.1) is 0 Å². The quantitative estimate of drug-likeness (QED) is 0.301. The molecule has 3 rings (SSSR count). The first kappa shape index (κ1) is 31.7. The van der Waals surface area contributed by atoms with Crippen molar-refractivity contribution in [2.24, 2.45) is 0 Å². The zero-order chi connectivity index (χ0) is 29.7. The van der Waals surface area contributed by atoms with Gasteiger partial charge in [-0.1, -0.05) is 83.3 Å². The summed E-state index contributed by atoms with van der Waals surface area (Å²) in [5, 5.41) is 3.58. The second-order valence-electron chi connectivity index (χ2n) is 10.4. The van der Waals surface area contributed by atoms with E-state index in [1.54, 1.807) is 30.3 Å². The fourth-order valence-electron chi connectivity index (χ4n) is 4.12. The molecule has 3 aromatic carbocycles. The molecule has 40 heavy (non-hydrogen) atoms. The Morgan fingerprint density at radius 3 is 2.12 bits per heavy atom. The predicted octanol–water partition coefficient (Wildman–Crippen LogP) is 5.97. The molecule has 0 aliphatic heterocycles. The van der Waals surface area contributed by atoms with E-state index in [1.165, 1.54) is 17.0 Å². The third-order valence-corrected chi connectivity index (χ3v) is 8.06. The predicted molar refractivity (Wildman–Crippen MR) is 162 cm³/mol. The van der Waals surface area contributed by atoms with Gasteiger partial charge in [0.05, 0.1) is 22.0 Å². The van der Waals surface area contributed by atoms with Crippen molar-refractivity contribution >= 4 is 62.3 Å². The van der Waals surface area contributed by atoms with Crippen LogP contribution in [0.1, 0.15) is 31.9 Å². The maximum Gasteiger partial charge on any atom is 0.244 e. The lowest BCUT2D eigenvalue weighted by molar-refractivity contribution is -0.140. The van der Waals surface area contributed by atoms with Crippen molar-refractivity contribution in [2.45, 2.75) is 45.3 Å². The monoisotopic (exact) mass is 623 g/mol. The van der Waals surface area contributed by atoms with E-state index in [0.717, 1.165) is 16.1 Å². The molecule has 2 amide bonds. The van der Waals surface area contributed by atoms with E-state index in [9.17, 15) is 18.0 Å². The molecule has 0 fully saturated rings. The molecule has 0 aromatic heterocycles. The number of halogens is 3. The van der Waals surface area contributed by atoms with Crippen LogP contribution in [-0.4, -0.2) is 49.5 Å². The van der Waals surface area contributed by atoms with Crippen molar-refractivity contribution in [3.8, 4) is 0 Å². The highest BCUT2D eigenvalue weighted by Crippen LogP contribution is 2.34. The van der Waals surface area contributed by atoms with Crippen LogP contribution in [0.25, 0.3) is 0 Å². The van der Waals surface area contributed by atoms with Gasteiger partial charge in [0.2, 0.25) is 21.8 Å². The highest BCUT2D eigenvalue weighted by atomic mass is 35.5. The van der Waals surface area contributed by atoms with Crippen LogP contribution in [0.5, 0.6) is 0 Å². The SMILES string of the molecule is CC(C)(C)NC(=O)C(Cc1ccccc1)N(Cc1cccc(Cl)c1)C(=O)CN(c1cccc(Cl)c1Cl)S(C)(=O)=O. The number of carbonyl (C=O) groups is 2. The summed E-state index contributed by atoms with van der Waals surface area (Å²) < 4.78 is 26.7. The van der Waals surface area contributed by atoms with E-state index in [1.807, 2.05) is 51.1 Å². The number of sulfonamides is 1. The summed E-state index contributed by atoms with van der Waals surface area (Å²) in [5.41, 5.74) is 0.989. The van der Waals surface area contributed by atoms with Crippen LogP contribution >= 0.6 is 34.8 Å². The Hall–Kier alpha value is -2.78. The van der Waals surface area contributed by atoms with Crippen molar-refractivity contribution < 1.29 is 18.0 Å². The zero-order valence-corrected chi connectivity index (χ0v) is 25.8. The Kier molecular flexibility index (Phi) is 10.5. The van der Waals surface area contributed by atoms with Gasteiger partial charge in [0.15, 0.2) is 0 Å². The number of hydrogen-bond acceptors (Lipinski definition) is 4. The molecule has 0 bridgehead atoms. The molecule has 0 spiro atoms. The van der Waals surface area contributed by atoms with Gasteiger partial charge in [-0.15, -0.1) is 0 Å². The minimum absolute atomic E-state index is 0.00454. The van der Waals surface area contributed by atoms with Crippen molar-refractivity contribution in [2.75, 3.05) is 17.1 Å². The molecule has 0 aliphatic rings. The molecule has 0 saturated carbocycles. The van der Waals surface area contributed by atoms with Crippen LogP contribution in [0.3, 0.4) is 0 Å². The number of rotatable bonds is 10. The van der Waals surface area contributed by atoms with E-state index in [0.29, 0.717) is 10.6 Å². The molecule has 0 aliphatic carbocycles. The summed E-state index contributed by atoms with van der Waals surface area (Å²) in [6.45, 7) is 4.95. The number of amides is 2. The number of nitrogens with zero attached hydrogens (tertiary/aromatic N) is 2. The topological polar surface area (TPSA) is 86.8 Å². The Balaban J connectivity index is 2.10. The van der Waals surface area contributed by atoms with Crippen LogP contribution < -0.4 is 9.62 Å². The van der Waals surface area contributed by atoms with E-state index in [2.05, 4.69) is 5.32 Å². The lowest BCUT2D eigenvalue weighted by Gasteiger charge is -2.35. The molecule has 1 N–H and O–H groups in total. The van der Waals surface area contributed by atoms with E-state index >= 15 is 0 Å². The fourth-order valence-corrected chi connectivity index (χ4v) is 5.63. The Morgan fingerprint density at radius 2 is 1.52 bits per heavy atom. The molecule has 0 saturated heterocycles. The first-order valence-corrected chi connectivity index (χ1v) is 15.5. The molecule has 0 radical (unpaired) electrons. The second-order valence-corrected chi connectivity index (χ2v) is 13.6. The molecule has 0 heterocycles. The minimum Gasteiger partial charge on any atom is -0.350 e. The first-order valence-electron chi connectivity index (χ1n) is 12.5. The van der Waals surface area contributed by atoms with Gasteiger partial charge in [-0.3, -0.25) is 13.9 Å². The van der Waals surface area contributed by atoms with Gasteiger partial charge in [0.1, 0.15) is 12.6 Å². The van der Waals surface area contributed by atoms with Gasteiger partial charge in [-0.2, -0.15) is 0 Å². The highest BCUT2D eigenvalue weighted by molar-refractivity contribution is 7.92. The number of hydrogen-bond donors (Lipinski definition) is 1. The zero-order valence-electron chi connectivity index (χ0n) is 22.7. The molecule has 7 nitrogen and oxygen atoms in total. The summed E-state index contributed by atoms with van der Waals surface area (Å²) in [6.07, 6.45) is 1.18. The maximum absolute atomic E-state index is 14.1. The second kappa shape index (κ2) is 13.3. The van der Waals surface area contributed by atoms with Crippen molar-refractivity contribution in [3.63, 3.8) is 0 Å². The molecule has 3 aromatic rings. The average molecular weight is 625 g/mol. The fraction of sp³-hybridized carbons (Fsp3) is 0.310. The van der Waals surface area contributed by atoms with Gasteiger partial charge in [0.25, 0.3) is 0 Å². The molecule has 1 atom stereocenters. The Bertz CT molecular complexity index is 1460. The highest BCUT2D eigenvalue weighted by Gasteiger charge is 2.34. The van der Waals surface area contributed by atoms with Gasteiger partial charge in [-0.25, -0.2) is 8.42 Å². The van der Waals surface area contributed by atoms with E-state index in [-0.39, 0.29) is 34.6 Å². The first-order chi connectivity index (χ1) is 18.7. The van der Waals surface area contributed by atoms with Crippen molar-refractivity contribution in [1.82, 2.24) is 10.2 Å². The summed E-state index contributed by atoms with van der Waals surface area (Å²) >= 11 is 18.7. The summed E-state index contributed by atoms with van der Waals surface area (Å²) in [7, 11) is -3.98. The molecular formula is C29H32Cl3N3O4S. The molecule has 214 valence electrons. The number of carbonyl (C=O) groups excluding carboxylic acids is 2. The number of benzene rings is 3. The largest absolute Gasteiger partial charge is 0.350 e. The van der Waals surface area contributed by atoms with Crippen molar-refractivity contribution in [1.29, 1.82) is 0 Å². The van der Waals surface area contributed by atoms with Crippen molar-refractivity contribution in [3.05, 3.63) is 99.0 Å². The number of nitrogens with one attached hydrogen (secondary N) is 1. The van der Waals surface area contributed by atoms with E-state index in [4.69, 9.17) is 34.8 Å². The molecule has 1 unspecified atom stereocenters. The smallest absolute Gasteiger partial charge is 0.244 e. The summed E-state index contributed by atoms with van der Waals surface area (Å²) in [4.78, 5) is 29.2. The van der Waals surface area contributed by atoms with Gasteiger partial charge in [0, 0.05) is 23.5 Å². The maximum atomic E-state index is 14.1. The normalized spacial score (nSPS) is 12.5.